The Balaban J connectivity index is 1.57. The van der Waals surface area contributed by atoms with Crippen molar-refractivity contribution in [1.82, 2.24) is 4.90 Å². The fourth-order valence-corrected chi connectivity index (χ4v) is 6.36. The van der Waals surface area contributed by atoms with Gasteiger partial charge >= 0.3 is 0 Å². The Labute approximate surface area is 203 Å². The molecule has 0 bridgehead atoms. The van der Waals surface area contributed by atoms with Crippen LogP contribution in [-0.2, 0) is 17.8 Å². The van der Waals surface area contributed by atoms with Crippen LogP contribution in [0.25, 0.3) is 0 Å². The standard InChI is InChI=1S/C27H25N3OS2/c1-3-11-20-14-7-8-15-21(20)28-27-30(18-19-12-5-4-6-13-19)25(31)24(33-27)26-29(2)22-16-9-10-17-23(22)32-26/h4-10,12-17H,3,11,18H2,1-2H3/b26-24+,28-27?. The third kappa shape index (κ3) is 4.33. The van der Waals surface area contributed by atoms with Crippen LogP contribution < -0.4 is 4.90 Å². The van der Waals surface area contributed by atoms with Gasteiger partial charge in [0.25, 0.3) is 5.91 Å². The molecule has 1 amide bonds. The van der Waals surface area contributed by atoms with Crippen molar-refractivity contribution in [3.8, 4) is 0 Å². The second kappa shape index (κ2) is 9.49. The van der Waals surface area contributed by atoms with E-state index in [-0.39, 0.29) is 5.91 Å². The molecule has 166 valence electrons. The minimum absolute atomic E-state index is 0.0118. The van der Waals surface area contributed by atoms with Crippen LogP contribution in [0, 0.1) is 0 Å². The Kier molecular flexibility index (Phi) is 6.29. The average molecular weight is 472 g/mol. The summed E-state index contributed by atoms with van der Waals surface area (Å²) in [6, 6.07) is 26.6. The zero-order chi connectivity index (χ0) is 22.8. The van der Waals surface area contributed by atoms with Crippen LogP contribution in [0.5, 0.6) is 0 Å². The van der Waals surface area contributed by atoms with Gasteiger partial charge in [0.1, 0.15) is 4.91 Å². The molecule has 0 saturated carbocycles. The summed E-state index contributed by atoms with van der Waals surface area (Å²) in [5.74, 6) is 0.0118. The molecule has 0 atom stereocenters. The first kappa shape index (κ1) is 21.9. The van der Waals surface area contributed by atoms with E-state index >= 15 is 0 Å². The molecule has 0 unspecified atom stereocenters. The second-order valence-corrected chi connectivity index (χ2v) is 10.0. The topological polar surface area (TPSA) is 35.9 Å². The van der Waals surface area contributed by atoms with Crippen molar-refractivity contribution in [2.45, 2.75) is 31.2 Å². The zero-order valence-corrected chi connectivity index (χ0v) is 20.3. The summed E-state index contributed by atoms with van der Waals surface area (Å²) in [7, 11) is 2.03. The number of nitrogens with zero attached hydrogens (tertiary/aromatic N) is 3. The van der Waals surface area contributed by atoms with Crippen LogP contribution in [0.4, 0.5) is 11.4 Å². The molecular weight excluding hydrogens is 446 g/mol. The van der Waals surface area contributed by atoms with E-state index < -0.39 is 0 Å². The van der Waals surface area contributed by atoms with Crippen molar-refractivity contribution in [1.29, 1.82) is 0 Å². The Bertz CT molecular complexity index is 1250. The molecule has 0 radical (unpaired) electrons. The van der Waals surface area contributed by atoms with Gasteiger partial charge in [-0.05, 0) is 47.5 Å². The molecule has 2 aliphatic heterocycles. The van der Waals surface area contributed by atoms with Crippen molar-refractivity contribution in [2.24, 2.45) is 4.99 Å². The molecule has 3 aromatic carbocycles. The number of benzene rings is 3. The van der Waals surface area contributed by atoms with Gasteiger partial charge in [0.05, 0.1) is 22.9 Å². The number of hydrogen-bond donors (Lipinski definition) is 0. The van der Waals surface area contributed by atoms with Crippen LogP contribution in [0.1, 0.15) is 24.5 Å². The molecule has 0 N–H and O–H groups in total. The average Bonchev–Trinajstić information content (AvgIpc) is 3.33. The normalized spacial score (nSPS) is 19.0. The minimum Gasteiger partial charge on any atom is -0.337 e. The van der Waals surface area contributed by atoms with Gasteiger partial charge in [-0.15, -0.1) is 0 Å². The quantitative estimate of drug-likeness (QED) is 0.383. The van der Waals surface area contributed by atoms with E-state index in [9.17, 15) is 4.79 Å². The summed E-state index contributed by atoms with van der Waals surface area (Å²) in [6.07, 6.45) is 2.02. The van der Waals surface area contributed by atoms with Crippen molar-refractivity contribution in [2.75, 3.05) is 11.9 Å². The number of amidine groups is 1. The van der Waals surface area contributed by atoms with Crippen molar-refractivity contribution in [3.05, 3.63) is 99.9 Å². The molecule has 0 aromatic heterocycles. The van der Waals surface area contributed by atoms with Crippen molar-refractivity contribution >= 4 is 46.0 Å². The fraction of sp³-hybridized carbons (Fsp3) is 0.185. The van der Waals surface area contributed by atoms with E-state index in [2.05, 4.69) is 48.2 Å². The second-order valence-electron chi connectivity index (χ2n) is 8.02. The number of para-hydroxylation sites is 2. The molecule has 3 aromatic rings. The Morgan fingerprint density at radius 3 is 2.39 bits per heavy atom. The molecule has 2 aliphatic rings. The largest absolute Gasteiger partial charge is 0.337 e. The van der Waals surface area contributed by atoms with Gasteiger partial charge in [-0.1, -0.05) is 85.8 Å². The Morgan fingerprint density at radius 2 is 1.61 bits per heavy atom. The molecule has 33 heavy (non-hydrogen) atoms. The van der Waals surface area contributed by atoms with Gasteiger partial charge in [0.2, 0.25) is 0 Å². The Hall–Kier alpha value is -2.96. The van der Waals surface area contributed by atoms with Gasteiger partial charge in [0.15, 0.2) is 5.17 Å². The number of anilines is 1. The number of aryl methyl sites for hydroxylation is 1. The van der Waals surface area contributed by atoms with Crippen LogP contribution in [0.2, 0.25) is 0 Å². The smallest absolute Gasteiger partial charge is 0.269 e. The molecule has 2 heterocycles. The number of carbonyl (C=O) groups excluding carboxylic acids is 1. The summed E-state index contributed by atoms with van der Waals surface area (Å²) in [4.78, 5) is 24.6. The van der Waals surface area contributed by atoms with E-state index in [0.717, 1.165) is 44.9 Å². The molecule has 6 heteroatoms. The summed E-state index contributed by atoms with van der Waals surface area (Å²) >= 11 is 3.14. The first-order valence-electron chi connectivity index (χ1n) is 11.1. The van der Waals surface area contributed by atoms with E-state index in [4.69, 9.17) is 4.99 Å². The fourth-order valence-electron chi connectivity index (χ4n) is 4.03. The summed E-state index contributed by atoms with van der Waals surface area (Å²) in [5, 5.41) is 1.70. The molecular formula is C27H25N3OS2. The maximum atomic E-state index is 13.7. The van der Waals surface area contributed by atoms with E-state index in [1.165, 1.54) is 22.2 Å². The number of carbonyl (C=O) groups is 1. The molecule has 0 spiro atoms. The van der Waals surface area contributed by atoms with E-state index in [0.29, 0.717) is 6.54 Å². The van der Waals surface area contributed by atoms with Crippen LogP contribution in [0.3, 0.4) is 0 Å². The van der Waals surface area contributed by atoms with E-state index in [1.807, 2.05) is 54.4 Å². The lowest BCUT2D eigenvalue weighted by molar-refractivity contribution is -0.122. The molecule has 4 nitrogen and oxygen atoms in total. The van der Waals surface area contributed by atoms with Crippen LogP contribution in [0.15, 0.2) is 98.7 Å². The SMILES string of the molecule is CCCc1ccccc1N=C1S/C(=C2/Sc3ccccc3N2C)C(=O)N1Cc1ccccc1. The van der Waals surface area contributed by atoms with Crippen LogP contribution in [-0.4, -0.2) is 23.0 Å². The highest BCUT2D eigenvalue weighted by atomic mass is 32.2. The third-order valence-corrected chi connectivity index (χ3v) is 8.14. The number of amides is 1. The molecule has 0 aliphatic carbocycles. The Morgan fingerprint density at radius 1 is 0.879 bits per heavy atom. The van der Waals surface area contributed by atoms with Gasteiger partial charge in [-0.3, -0.25) is 9.69 Å². The monoisotopic (exact) mass is 471 g/mol. The number of hydrogen-bond acceptors (Lipinski definition) is 5. The third-order valence-electron chi connectivity index (χ3n) is 5.71. The maximum absolute atomic E-state index is 13.7. The van der Waals surface area contributed by atoms with Gasteiger partial charge < -0.3 is 4.90 Å². The number of thioether (sulfide) groups is 2. The lowest BCUT2D eigenvalue weighted by Crippen LogP contribution is -2.29. The molecule has 1 fully saturated rings. The number of aliphatic imine (C=N–C) groups is 1. The highest BCUT2D eigenvalue weighted by Gasteiger charge is 2.39. The minimum atomic E-state index is 0.0118. The summed E-state index contributed by atoms with van der Waals surface area (Å²) < 4.78 is 0. The van der Waals surface area contributed by atoms with Gasteiger partial charge in [0, 0.05) is 11.9 Å². The highest BCUT2D eigenvalue weighted by molar-refractivity contribution is 8.19. The number of rotatable bonds is 5. The highest BCUT2D eigenvalue weighted by Crippen LogP contribution is 2.50. The molecule has 5 rings (SSSR count). The first-order chi connectivity index (χ1) is 16.2. The van der Waals surface area contributed by atoms with Crippen molar-refractivity contribution in [3.63, 3.8) is 0 Å². The predicted molar refractivity (Wildman–Crippen MR) is 140 cm³/mol. The lowest BCUT2D eigenvalue weighted by atomic mass is 10.1. The first-order valence-corrected chi connectivity index (χ1v) is 12.7. The van der Waals surface area contributed by atoms with Crippen molar-refractivity contribution < 1.29 is 4.79 Å². The summed E-state index contributed by atoms with van der Waals surface area (Å²) in [6.45, 7) is 2.67. The van der Waals surface area contributed by atoms with Gasteiger partial charge in [-0.25, -0.2) is 4.99 Å². The number of fused-ring (bicyclic) bond motifs is 1. The maximum Gasteiger partial charge on any atom is 0.269 e. The van der Waals surface area contributed by atoms with E-state index in [1.54, 1.807) is 11.8 Å². The zero-order valence-electron chi connectivity index (χ0n) is 18.7. The summed E-state index contributed by atoms with van der Waals surface area (Å²) in [5.41, 5.74) is 4.37. The lowest BCUT2D eigenvalue weighted by Gasteiger charge is -2.17. The molecule has 1 saturated heterocycles. The van der Waals surface area contributed by atoms with Gasteiger partial charge in [-0.2, -0.15) is 0 Å². The predicted octanol–water partition coefficient (Wildman–Crippen LogP) is 6.81. The van der Waals surface area contributed by atoms with Crippen LogP contribution >= 0.6 is 23.5 Å².